The number of halogens is 2. The molecule has 0 spiro atoms. The maximum atomic E-state index is 12.5. The van der Waals surface area contributed by atoms with Gasteiger partial charge in [-0.3, -0.25) is 14.9 Å². The van der Waals surface area contributed by atoms with Crippen molar-refractivity contribution >= 4 is 63.7 Å². The average molecular weight is 472 g/mol. The van der Waals surface area contributed by atoms with E-state index in [1.54, 1.807) is 48.5 Å². The normalized spacial score (nSPS) is 10.3. The zero-order chi connectivity index (χ0) is 22.4. The van der Waals surface area contributed by atoms with E-state index in [0.717, 1.165) is 12.0 Å². The molecular formula is C23H19Cl2N3O2S. The number of benzene rings is 3. The molecule has 0 saturated heterocycles. The van der Waals surface area contributed by atoms with E-state index >= 15 is 0 Å². The predicted molar refractivity (Wildman–Crippen MR) is 130 cm³/mol. The van der Waals surface area contributed by atoms with Crippen molar-refractivity contribution in [3.8, 4) is 0 Å². The maximum absolute atomic E-state index is 12.5. The summed E-state index contributed by atoms with van der Waals surface area (Å²) >= 11 is 17.2. The molecule has 0 bridgehead atoms. The van der Waals surface area contributed by atoms with Crippen LogP contribution >= 0.6 is 35.4 Å². The van der Waals surface area contributed by atoms with E-state index in [1.807, 2.05) is 12.1 Å². The molecule has 0 unspecified atom stereocenters. The lowest BCUT2D eigenvalue weighted by atomic mass is 10.1. The highest BCUT2D eigenvalue weighted by molar-refractivity contribution is 7.80. The number of aryl methyl sites for hydroxylation is 1. The fraction of sp³-hybridized carbons (Fsp3) is 0.0870. The van der Waals surface area contributed by atoms with Crippen molar-refractivity contribution in [2.45, 2.75) is 13.3 Å². The molecule has 8 heteroatoms. The van der Waals surface area contributed by atoms with E-state index in [0.29, 0.717) is 27.5 Å². The molecule has 0 aliphatic rings. The lowest BCUT2D eigenvalue weighted by Gasteiger charge is -2.12. The Hall–Kier alpha value is -2.93. The molecule has 3 aromatic carbocycles. The van der Waals surface area contributed by atoms with E-state index in [9.17, 15) is 9.59 Å². The summed E-state index contributed by atoms with van der Waals surface area (Å²) in [6, 6.07) is 18.9. The summed E-state index contributed by atoms with van der Waals surface area (Å²) < 4.78 is 0. The van der Waals surface area contributed by atoms with E-state index in [-0.39, 0.29) is 21.9 Å². The van der Waals surface area contributed by atoms with Crippen LogP contribution in [-0.4, -0.2) is 16.9 Å². The lowest BCUT2D eigenvalue weighted by molar-refractivity contribution is 0.0976. The Kier molecular flexibility index (Phi) is 7.63. The zero-order valence-corrected chi connectivity index (χ0v) is 18.9. The third kappa shape index (κ3) is 6.28. The van der Waals surface area contributed by atoms with Gasteiger partial charge in [0.15, 0.2) is 5.11 Å². The van der Waals surface area contributed by atoms with Gasteiger partial charge >= 0.3 is 0 Å². The molecule has 5 nitrogen and oxygen atoms in total. The minimum atomic E-state index is -0.370. The highest BCUT2D eigenvalue weighted by atomic mass is 35.5. The Balaban J connectivity index is 1.62. The molecule has 0 aromatic heterocycles. The highest BCUT2D eigenvalue weighted by Crippen LogP contribution is 2.23. The largest absolute Gasteiger partial charge is 0.332 e. The van der Waals surface area contributed by atoms with Gasteiger partial charge in [-0.1, -0.05) is 48.3 Å². The Labute approximate surface area is 195 Å². The number of hydrogen-bond donors (Lipinski definition) is 3. The first-order valence-electron chi connectivity index (χ1n) is 9.43. The summed E-state index contributed by atoms with van der Waals surface area (Å²) in [5.74, 6) is -0.674. The molecule has 0 aliphatic heterocycles. The van der Waals surface area contributed by atoms with Crippen molar-refractivity contribution < 1.29 is 9.59 Å². The van der Waals surface area contributed by atoms with Crippen LogP contribution in [0.3, 0.4) is 0 Å². The summed E-state index contributed by atoms with van der Waals surface area (Å²) in [6.07, 6.45) is 0.902. The molecule has 3 aromatic rings. The van der Waals surface area contributed by atoms with Crippen molar-refractivity contribution in [1.29, 1.82) is 0 Å². The first-order chi connectivity index (χ1) is 14.9. The summed E-state index contributed by atoms with van der Waals surface area (Å²) in [6.45, 7) is 2.05. The molecule has 158 valence electrons. The molecule has 2 amide bonds. The topological polar surface area (TPSA) is 70.2 Å². The van der Waals surface area contributed by atoms with Gasteiger partial charge in [-0.25, -0.2) is 0 Å². The second-order valence-corrected chi connectivity index (χ2v) is 7.87. The first kappa shape index (κ1) is 22.7. The van der Waals surface area contributed by atoms with Gasteiger partial charge in [0.1, 0.15) is 0 Å². The summed E-state index contributed by atoms with van der Waals surface area (Å²) in [4.78, 5) is 24.8. The lowest BCUT2D eigenvalue weighted by Crippen LogP contribution is -2.34. The third-order valence-corrected chi connectivity index (χ3v) is 5.16. The predicted octanol–water partition coefficient (Wildman–Crippen LogP) is 5.93. The SMILES string of the molecule is CCc1ccc(C(=O)NC(=S)Nc2cccc(NC(=O)c3ccc(Cl)cc3Cl)c2)cc1. The Bertz CT molecular complexity index is 1130. The first-order valence-corrected chi connectivity index (χ1v) is 10.6. The summed E-state index contributed by atoms with van der Waals surface area (Å²) in [5.41, 5.74) is 3.11. The number of carbonyl (C=O) groups is 2. The van der Waals surface area contributed by atoms with Gasteiger partial charge in [0.25, 0.3) is 11.8 Å². The van der Waals surface area contributed by atoms with Gasteiger partial charge in [0.2, 0.25) is 0 Å². The van der Waals surface area contributed by atoms with Crippen LogP contribution in [0.15, 0.2) is 66.7 Å². The molecule has 3 rings (SSSR count). The fourth-order valence-corrected chi connectivity index (χ4v) is 3.48. The van der Waals surface area contributed by atoms with Gasteiger partial charge in [0.05, 0.1) is 10.6 Å². The number of carbonyl (C=O) groups excluding carboxylic acids is 2. The summed E-state index contributed by atoms with van der Waals surface area (Å²) in [7, 11) is 0. The van der Waals surface area contributed by atoms with Crippen LogP contribution < -0.4 is 16.0 Å². The Morgan fingerprint density at radius 1 is 0.871 bits per heavy atom. The molecule has 0 saturated carbocycles. The molecule has 0 heterocycles. The number of hydrogen-bond acceptors (Lipinski definition) is 3. The van der Waals surface area contributed by atoms with Crippen molar-refractivity contribution in [3.05, 3.63) is 93.5 Å². The molecule has 0 atom stereocenters. The van der Waals surface area contributed by atoms with Crippen molar-refractivity contribution in [2.75, 3.05) is 10.6 Å². The standard InChI is InChI=1S/C23H19Cl2N3O2S/c1-2-14-6-8-15(9-7-14)21(29)28-23(31)27-18-5-3-4-17(13-18)26-22(30)19-11-10-16(24)12-20(19)25/h3-13H,2H2,1H3,(H,26,30)(H2,27,28,29,31). The van der Waals surface area contributed by atoms with Gasteiger partial charge < -0.3 is 10.6 Å². The second-order valence-electron chi connectivity index (χ2n) is 6.62. The van der Waals surface area contributed by atoms with Crippen molar-refractivity contribution in [1.82, 2.24) is 5.32 Å². The average Bonchev–Trinajstić information content (AvgIpc) is 2.73. The summed E-state index contributed by atoms with van der Waals surface area (Å²) in [5, 5.41) is 9.21. The van der Waals surface area contributed by atoms with E-state index in [4.69, 9.17) is 35.4 Å². The molecular weight excluding hydrogens is 453 g/mol. The number of nitrogens with one attached hydrogen (secondary N) is 3. The van der Waals surface area contributed by atoms with Crippen molar-refractivity contribution in [3.63, 3.8) is 0 Å². The fourth-order valence-electron chi connectivity index (χ4n) is 2.78. The molecule has 31 heavy (non-hydrogen) atoms. The van der Waals surface area contributed by atoms with Crippen molar-refractivity contribution in [2.24, 2.45) is 0 Å². The minimum Gasteiger partial charge on any atom is -0.332 e. The van der Waals surface area contributed by atoms with E-state index in [2.05, 4.69) is 22.9 Å². The number of amides is 2. The van der Waals surface area contributed by atoms with Gasteiger partial charge in [-0.15, -0.1) is 0 Å². The highest BCUT2D eigenvalue weighted by Gasteiger charge is 2.12. The third-order valence-electron chi connectivity index (χ3n) is 4.41. The molecule has 0 radical (unpaired) electrons. The van der Waals surface area contributed by atoms with Crippen LogP contribution in [0, 0.1) is 0 Å². The van der Waals surface area contributed by atoms with E-state index < -0.39 is 0 Å². The maximum Gasteiger partial charge on any atom is 0.257 e. The van der Waals surface area contributed by atoms with Gasteiger partial charge in [-0.2, -0.15) is 0 Å². The quantitative estimate of drug-likeness (QED) is 0.403. The van der Waals surface area contributed by atoms with Crippen LogP contribution in [-0.2, 0) is 6.42 Å². The number of thiocarbonyl (C=S) groups is 1. The van der Waals surface area contributed by atoms with E-state index in [1.165, 1.54) is 6.07 Å². The molecule has 0 fully saturated rings. The minimum absolute atomic E-state index is 0.147. The monoisotopic (exact) mass is 471 g/mol. The Morgan fingerprint density at radius 3 is 2.19 bits per heavy atom. The smallest absolute Gasteiger partial charge is 0.257 e. The second kappa shape index (κ2) is 10.4. The van der Waals surface area contributed by atoms with Gasteiger partial charge in [0, 0.05) is 22.0 Å². The number of rotatable bonds is 5. The van der Waals surface area contributed by atoms with Crippen LogP contribution in [0.25, 0.3) is 0 Å². The Morgan fingerprint density at radius 2 is 1.55 bits per heavy atom. The van der Waals surface area contributed by atoms with Crippen LogP contribution in [0.1, 0.15) is 33.2 Å². The number of anilines is 2. The molecule has 3 N–H and O–H groups in total. The van der Waals surface area contributed by atoms with Gasteiger partial charge in [-0.05, 0) is 72.7 Å². The van der Waals surface area contributed by atoms with Crippen LogP contribution in [0.5, 0.6) is 0 Å². The molecule has 0 aliphatic carbocycles. The van der Waals surface area contributed by atoms with Crippen LogP contribution in [0.2, 0.25) is 10.0 Å². The van der Waals surface area contributed by atoms with Crippen LogP contribution in [0.4, 0.5) is 11.4 Å². The zero-order valence-electron chi connectivity index (χ0n) is 16.5.